The maximum Gasteiger partial charge on any atom is 0.252 e. The highest BCUT2D eigenvalue weighted by atomic mass is 16.5. The highest BCUT2D eigenvalue weighted by Crippen LogP contribution is 2.26. The number of carbonyl (C=O) groups is 2. The number of aryl methyl sites for hydroxylation is 1. The first-order chi connectivity index (χ1) is 14.3. The van der Waals surface area contributed by atoms with E-state index in [1.165, 1.54) is 0 Å². The summed E-state index contributed by atoms with van der Waals surface area (Å²) in [5.41, 5.74) is 2.57. The molecule has 0 radical (unpaired) electrons. The van der Waals surface area contributed by atoms with Crippen LogP contribution in [0.15, 0.2) is 54.6 Å². The quantitative estimate of drug-likeness (QED) is 0.782. The Morgan fingerprint density at radius 3 is 2.40 bits per heavy atom. The molecule has 2 aromatic rings. The first kappa shape index (κ1) is 22.0. The number of hydrogen-bond acceptors (Lipinski definition) is 3. The number of nitrogens with one attached hydrogen (secondary N) is 1. The number of rotatable bonds is 6. The van der Waals surface area contributed by atoms with Gasteiger partial charge in [0.1, 0.15) is 12.1 Å². The molecule has 0 aliphatic carbocycles. The molecule has 5 nitrogen and oxygen atoms in total. The molecule has 2 amide bonds. The summed E-state index contributed by atoms with van der Waals surface area (Å²) in [6.07, 6.45) is 0.364. The van der Waals surface area contributed by atoms with Crippen LogP contribution in [0.2, 0.25) is 0 Å². The summed E-state index contributed by atoms with van der Waals surface area (Å²) in [7, 11) is 0. The topological polar surface area (TPSA) is 58.6 Å². The second kappa shape index (κ2) is 9.90. The highest BCUT2D eigenvalue weighted by Gasteiger charge is 2.34. The Hall–Kier alpha value is -2.66. The summed E-state index contributed by atoms with van der Waals surface area (Å²) in [6.45, 7) is 9.03. The summed E-state index contributed by atoms with van der Waals surface area (Å²) in [5, 5.41) is 3.00. The standard InChI is InChI=1S/C25H32N2O3/c1-17(2)14-22(26-24(28)21-13-9-8-10-18(21)3)25(29)27-15-19(4)30-23(16-27)20-11-6-5-7-12-20/h5-13,17,19,22-23H,14-16H2,1-4H3,(H,26,28). The molecule has 160 valence electrons. The van der Waals surface area contributed by atoms with Crippen LogP contribution in [0.25, 0.3) is 0 Å². The van der Waals surface area contributed by atoms with Crippen LogP contribution in [0, 0.1) is 12.8 Å². The van der Waals surface area contributed by atoms with E-state index in [-0.39, 0.29) is 29.9 Å². The minimum atomic E-state index is -0.557. The molecule has 1 fully saturated rings. The molecular formula is C25H32N2O3. The van der Waals surface area contributed by atoms with Crippen molar-refractivity contribution >= 4 is 11.8 Å². The fourth-order valence-electron chi connectivity index (χ4n) is 3.96. The Balaban J connectivity index is 1.77. The molecule has 1 saturated heterocycles. The molecule has 0 saturated carbocycles. The van der Waals surface area contributed by atoms with Gasteiger partial charge >= 0.3 is 0 Å². The average Bonchev–Trinajstić information content (AvgIpc) is 2.73. The van der Waals surface area contributed by atoms with E-state index in [1.807, 2.05) is 67.3 Å². The van der Waals surface area contributed by atoms with E-state index in [4.69, 9.17) is 4.74 Å². The van der Waals surface area contributed by atoms with Gasteiger partial charge in [0.2, 0.25) is 5.91 Å². The van der Waals surface area contributed by atoms with Crippen molar-refractivity contribution in [1.82, 2.24) is 10.2 Å². The summed E-state index contributed by atoms with van der Waals surface area (Å²) in [4.78, 5) is 28.2. The Morgan fingerprint density at radius 2 is 1.73 bits per heavy atom. The molecule has 1 aliphatic heterocycles. The second-order valence-electron chi connectivity index (χ2n) is 8.56. The van der Waals surface area contributed by atoms with E-state index in [9.17, 15) is 9.59 Å². The van der Waals surface area contributed by atoms with Crippen LogP contribution in [0.5, 0.6) is 0 Å². The predicted octanol–water partition coefficient (Wildman–Crippen LogP) is 4.13. The SMILES string of the molecule is Cc1ccccc1C(=O)NC(CC(C)C)C(=O)N1CC(C)OC(c2ccccc2)C1. The van der Waals surface area contributed by atoms with Crippen molar-refractivity contribution < 1.29 is 14.3 Å². The van der Waals surface area contributed by atoms with E-state index in [2.05, 4.69) is 19.2 Å². The van der Waals surface area contributed by atoms with Gasteiger partial charge in [-0.2, -0.15) is 0 Å². The maximum absolute atomic E-state index is 13.5. The van der Waals surface area contributed by atoms with Crippen molar-refractivity contribution in [2.24, 2.45) is 5.92 Å². The van der Waals surface area contributed by atoms with E-state index in [0.29, 0.717) is 25.1 Å². The van der Waals surface area contributed by atoms with Crippen LogP contribution in [0.4, 0.5) is 0 Å². The average molecular weight is 409 g/mol. The molecule has 0 bridgehead atoms. The summed E-state index contributed by atoms with van der Waals surface area (Å²) < 4.78 is 6.10. The lowest BCUT2D eigenvalue weighted by atomic mass is 10.00. The van der Waals surface area contributed by atoms with Crippen LogP contribution in [0.1, 0.15) is 54.8 Å². The maximum atomic E-state index is 13.5. The van der Waals surface area contributed by atoms with E-state index >= 15 is 0 Å². The van der Waals surface area contributed by atoms with E-state index < -0.39 is 6.04 Å². The number of carbonyl (C=O) groups excluding carboxylic acids is 2. The fourth-order valence-corrected chi connectivity index (χ4v) is 3.96. The number of hydrogen-bond donors (Lipinski definition) is 1. The lowest BCUT2D eigenvalue weighted by molar-refractivity contribution is -0.147. The Labute approximate surface area is 179 Å². The lowest BCUT2D eigenvalue weighted by Crippen LogP contribution is -2.54. The number of amides is 2. The molecule has 5 heteroatoms. The van der Waals surface area contributed by atoms with Crippen molar-refractivity contribution in [1.29, 1.82) is 0 Å². The summed E-state index contributed by atoms with van der Waals surface area (Å²) >= 11 is 0. The fraction of sp³-hybridized carbons (Fsp3) is 0.440. The number of morpholine rings is 1. The molecule has 3 rings (SSSR count). The third kappa shape index (κ3) is 5.48. The van der Waals surface area contributed by atoms with Crippen molar-refractivity contribution in [3.05, 3.63) is 71.3 Å². The number of ether oxygens (including phenoxy) is 1. The minimum absolute atomic E-state index is 0.0401. The van der Waals surface area contributed by atoms with Gasteiger partial charge in [-0.25, -0.2) is 0 Å². The third-order valence-corrected chi connectivity index (χ3v) is 5.44. The zero-order valence-electron chi connectivity index (χ0n) is 18.3. The molecule has 0 aromatic heterocycles. The van der Waals surface area contributed by atoms with Crippen LogP contribution in [-0.4, -0.2) is 41.9 Å². The van der Waals surface area contributed by atoms with Crippen molar-refractivity contribution in [3.63, 3.8) is 0 Å². The summed E-state index contributed by atoms with van der Waals surface area (Å²) in [5.74, 6) is 0.0363. The molecule has 1 N–H and O–H groups in total. The molecule has 3 atom stereocenters. The van der Waals surface area contributed by atoms with Gasteiger partial charge in [0.15, 0.2) is 0 Å². The molecule has 3 unspecified atom stereocenters. The second-order valence-corrected chi connectivity index (χ2v) is 8.56. The number of benzene rings is 2. The molecule has 30 heavy (non-hydrogen) atoms. The van der Waals surface area contributed by atoms with Crippen LogP contribution in [0.3, 0.4) is 0 Å². The Bertz CT molecular complexity index is 866. The molecular weight excluding hydrogens is 376 g/mol. The number of nitrogens with zero attached hydrogens (tertiary/aromatic N) is 1. The van der Waals surface area contributed by atoms with Gasteiger partial charge in [0.25, 0.3) is 5.91 Å². The van der Waals surface area contributed by atoms with Gasteiger partial charge in [-0.1, -0.05) is 62.4 Å². The van der Waals surface area contributed by atoms with Crippen molar-refractivity contribution in [3.8, 4) is 0 Å². The Morgan fingerprint density at radius 1 is 1.07 bits per heavy atom. The molecule has 1 aliphatic rings. The monoisotopic (exact) mass is 408 g/mol. The highest BCUT2D eigenvalue weighted by molar-refractivity contribution is 5.98. The van der Waals surface area contributed by atoms with Gasteiger partial charge < -0.3 is 15.0 Å². The smallest absolute Gasteiger partial charge is 0.252 e. The lowest BCUT2D eigenvalue weighted by Gasteiger charge is -2.39. The molecule has 0 spiro atoms. The zero-order chi connectivity index (χ0) is 21.7. The van der Waals surface area contributed by atoms with Gasteiger partial charge in [-0.15, -0.1) is 0 Å². The summed E-state index contributed by atoms with van der Waals surface area (Å²) in [6, 6.07) is 16.9. The van der Waals surface area contributed by atoms with E-state index in [0.717, 1.165) is 11.1 Å². The van der Waals surface area contributed by atoms with Crippen LogP contribution < -0.4 is 5.32 Å². The Kier molecular flexibility index (Phi) is 7.27. The normalized spacial score (nSPS) is 20.1. The molecule has 1 heterocycles. The minimum Gasteiger partial charge on any atom is -0.367 e. The predicted molar refractivity (Wildman–Crippen MR) is 118 cm³/mol. The van der Waals surface area contributed by atoms with Gasteiger partial charge in [-0.05, 0) is 43.4 Å². The van der Waals surface area contributed by atoms with E-state index in [1.54, 1.807) is 6.07 Å². The largest absolute Gasteiger partial charge is 0.367 e. The van der Waals surface area contributed by atoms with Crippen molar-refractivity contribution in [2.45, 2.75) is 52.4 Å². The van der Waals surface area contributed by atoms with Crippen molar-refractivity contribution in [2.75, 3.05) is 13.1 Å². The molecule has 2 aromatic carbocycles. The van der Waals surface area contributed by atoms with Gasteiger partial charge in [0, 0.05) is 12.1 Å². The van der Waals surface area contributed by atoms with Gasteiger partial charge in [0.05, 0.1) is 12.6 Å². The zero-order valence-corrected chi connectivity index (χ0v) is 18.3. The van der Waals surface area contributed by atoms with Crippen LogP contribution in [-0.2, 0) is 9.53 Å². The van der Waals surface area contributed by atoms with Crippen LogP contribution >= 0.6 is 0 Å². The first-order valence-electron chi connectivity index (χ1n) is 10.7. The first-order valence-corrected chi connectivity index (χ1v) is 10.7. The third-order valence-electron chi connectivity index (χ3n) is 5.44. The van der Waals surface area contributed by atoms with Gasteiger partial charge in [-0.3, -0.25) is 9.59 Å².